The molecule has 0 bridgehead atoms. The van der Waals surface area contributed by atoms with Gasteiger partial charge in [-0.2, -0.15) is 0 Å². The summed E-state index contributed by atoms with van der Waals surface area (Å²) >= 11 is 5.78. The molecule has 1 aromatic rings. The van der Waals surface area contributed by atoms with E-state index in [0.29, 0.717) is 11.3 Å². The Balaban J connectivity index is 3.13. The standard InChI is InChI=1S/C7H7BClNO2/c8-4-5-3-6(10(11)12)1-2-7(5)9/h1-3H,4,8H2. The SMILES string of the molecule is BCc1cc([N+](=O)[O-])ccc1Cl. The summed E-state index contributed by atoms with van der Waals surface area (Å²) in [6, 6.07) is 4.46. The first-order valence-electron chi connectivity index (χ1n) is 3.58. The van der Waals surface area contributed by atoms with Gasteiger partial charge in [0.2, 0.25) is 0 Å². The second-order valence-electron chi connectivity index (χ2n) is 2.39. The third-order valence-corrected chi connectivity index (χ3v) is 1.99. The van der Waals surface area contributed by atoms with Crippen molar-refractivity contribution < 1.29 is 4.92 Å². The molecule has 5 heteroatoms. The highest BCUT2D eigenvalue weighted by molar-refractivity contribution is 6.32. The van der Waals surface area contributed by atoms with E-state index in [4.69, 9.17) is 11.6 Å². The number of benzene rings is 1. The van der Waals surface area contributed by atoms with E-state index in [9.17, 15) is 10.1 Å². The largest absolute Gasteiger partial charge is 0.269 e. The predicted molar refractivity (Wildman–Crippen MR) is 50.4 cm³/mol. The predicted octanol–water partition coefficient (Wildman–Crippen LogP) is 1.38. The van der Waals surface area contributed by atoms with Crippen molar-refractivity contribution >= 4 is 25.1 Å². The van der Waals surface area contributed by atoms with E-state index in [1.54, 1.807) is 6.07 Å². The summed E-state index contributed by atoms with van der Waals surface area (Å²) in [5.74, 6) is 0. The Labute approximate surface area is 75.9 Å². The Morgan fingerprint density at radius 3 is 2.75 bits per heavy atom. The lowest BCUT2D eigenvalue weighted by atomic mass is 9.97. The van der Waals surface area contributed by atoms with Gasteiger partial charge < -0.3 is 0 Å². The van der Waals surface area contributed by atoms with Gasteiger partial charge in [-0.15, -0.1) is 0 Å². The van der Waals surface area contributed by atoms with Crippen molar-refractivity contribution in [2.24, 2.45) is 0 Å². The molecular weight excluding hydrogens is 176 g/mol. The maximum Gasteiger partial charge on any atom is 0.269 e. The third-order valence-electron chi connectivity index (χ3n) is 1.62. The Bertz CT molecular complexity index is 316. The van der Waals surface area contributed by atoms with E-state index in [1.807, 2.05) is 7.85 Å². The number of nitrogens with zero attached hydrogens (tertiary/aromatic N) is 1. The lowest BCUT2D eigenvalue weighted by Gasteiger charge is -1.98. The fraction of sp³-hybridized carbons (Fsp3) is 0.143. The summed E-state index contributed by atoms with van der Waals surface area (Å²) in [6.07, 6.45) is 0.709. The first kappa shape index (κ1) is 9.07. The molecule has 0 spiro atoms. The molecule has 62 valence electrons. The number of hydrogen-bond donors (Lipinski definition) is 0. The molecular formula is C7H7BClNO2. The van der Waals surface area contributed by atoms with Crippen molar-refractivity contribution in [3.8, 4) is 0 Å². The minimum absolute atomic E-state index is 0.0938. The van der Waals surface area contributed by atoms with E-state index < -0.39 is 4.92 Å². The van der Waals surface area contributed by atoms with Crippen LogP contribution in [0.25, 0.3) is 0 Å². The molecule has 0 aliphatic carbocycles. The normalized spacial score (nSPS) is 9.75. The van der Waals surface area contributed by atoms with E-state index in [1.165, 1.54) is 12.1 Å². The summed E-state index contributed by atoms with van der Waals surface area (Å²) in [7, 11) is 1.91. The quantitative estimate of drug-likeness (QED) is 0.395. The number of halogens is 1. The molecule has 12 heavy (non-hydrogen) atoms. The van der Waals surface area contributed by atoms with Crippen LogP contribution in [-0.2, 0) is 6.32 Å². The second kappa shape index (κ2) is 3.58. The maximum atomic E-state index is 10.3. The van der Waals surface area contributed by atoms with Crippen molar-refractivity contribution in [3.05, 3.63) is 38.9 Å². The molecule has 0 saturated heterocycles. The van der Waals surface area contributed by atoms with Gasteiger partial charge in [0.05, 0.1) is 4.92 Å². The molecule has 0 aliphatic heterocycles. The van der Waals surface area contributed by atoms with E-state index >= 15 is 0 Å². The fourth-order valence-corrected chi connectivity index (χ4v) is 1.20. The molecule has 0 N–H and O–H groups in total. The highest BCUT2D eigenvalue weighted by atomic mass is 35.5. The van der Waals surface area contributed by atoms with Crippen LogP contribution in [0.5, 0.6) is 0 Å². The van der Waals surface area contributed by atoms with Gasteiger partial charge in [0.25, 0.3) is 5.69 Å². The van der Waals surface area contributed by atoms with Gasteiger partial charge in [-0.05, 0) is 11.6 Å². The zero-order valence-electron chi connectivity index (χ0n) is 6.58. The summed E-state index contributed by atoms with van der Waals surface area (Å²) < 4.78 is 0. The molecule has 0 fully saturated rings. The summed E-state index contributed by atoms with van der Waals surface area (Å²) in [4.78, 5) is 9.92. The first-order chi connectivity index (χ1) is 5.65. The molecule has 0 aliphatic rings. The average molecular weight is 183 g/mol. The molecule has 1 rings (SSSR count). The van der Waals surface area contributed by atoms with Gasteiger partial charge >= 0.3 is 0 Å². The number of non-ortho nitro benzene ring substituents is 1. The average Bonchev–Trinajstić information content (AvgIpc) is 2.05. The summed E-state index contributed by atoms with van der Waals surface area (Å²) in [5.41, 5.74) is 0.905. The van der Waals surface area contributed by atoms with Gasteiger partial charge in [0.1, 0.15) is 7.85 Å². The van der Waals surface area contributed by atoms with Crippen LogP contribution in [0, 0.1) is 10.1 Å². The fourth-order valence-electron chi connectivity index (χ4n) is 0.946. The van der Waals surface area contributed by atoms with Crippen molar-refractivity contribution in [1.82, 2.24) is 0 Å². The van der Waals surface area contributed by atoms with Crippen molar-refractivity contribution in [2.75, 3.05) is 0 Å². The number of nitro benzene ring substituents is 1. The van der Waals surface area contributed by atoms with Crippen molar-refractivity contribution in [1.29, 1.82) is 0 Å². The first-order valence-corrected chi connectivity index (χ1v) is 3.95. The number of hydrogen-bond acceptors (Lipinski definition) is 2. The Hall–Kier alpha value is -1.03. The van der Waals surface area contributed by atoms with Crippen LogP contribution in [0.3, 0.4) is 0 Å². The van der Waals surface area contributed by atoms with Crippen LogP contribution in [0.1, 0.15) is 5.56 Å². The molecule has 0 radical (unpaired) electrons. The molecule has 0 saturated carbocycles. The summed E-state index contributed by atoms with van der Waals surface area (Å²) in [5, 5.41) is 10.9. The molecule has 0 aromatic heterocycles. The van der Waals surface area contributed by atoms with Crippen LogP contribution in [0.15, 0.2) is 18.2 Å². The van der Waals surface area contributed by atoms with E-state index in [2.05, 4.69) is 0 Å². The van der Waals surface area contributed by atoms with Crippen LogP contribution in [0.2, 0.25) is 5.02 Å². The zero-order valence-corrected chi connectivity index (χ0v) is 7.34. The Kier molecular flexibility index (Phi) is 2.71. The molecule has 1 aromatic carbocycles. The second-order valence-corrected chi connectivity index (χ2v) is 2.79. The molecule has 0 unspecified atom stereocenters. The topological polar surface area (TPSA) is 43.1 Å². The van der Waals surface area contributed by atoms with Gasteiger partial charge in [-0.3, -0.25) is 10.1 Å². The van der Waals surface area contributed by atoms with Crippen LogP contribution >= 0.6 is 11.6 Å². The van der Waals surface area contributed by atoms with Crippen molar-refractivity contribution in [3.63, 3.8) is 0 Å². The van der Waals surface area contributed by atoms with Gasteiger partial charge in [-0.25, -0.2) is 0 Å². The smallest absolute Gasteiger partial charge is 0.258 e. The lowest BCUT2D eigenvalue weighted by molar-refractivity contribution is -0.384. The van der Waals surface area contributed by atoms with Crippen LogP contribution in [0.4, 0.5) is 5.69 Å². The minimum atomic E-state index is -0.421. The minimum Gasteiger partial charge on any atom is -0.258 e. The molecule has 3 nitrogen and oxygen atoms in total. The molecule has 0 heterocycles. The highest BCUT2D eigenvalue weighted by Crippen LogP contribution is 2.21. The Morgan fingerprint density at radius 1 is 1.58 bits per heavy atom. The number of nitro groups is 1. The van der Waals surface area contributed by atoms with Crippen molar-refractivity contribution in [2.45, 2.75) is 6.32 Å². The highest BCUT2D eigenvalue weighted by Gasteiger charge is 2.07. The number of rotatable bonds is 2. The summed E-state index contributed by atoms with van der Waals surface area (Å²) in [6.45, 7) is 0. The van der Waals surface area contributed by atoms with Crippen LogP contribution in [-0.4, -0.2) is 12.8 Å². The molecule has 0 amide bonds. The monoisotopic (exact) mass is 183 g/mol. The van der Waals surface area contributed by atoms with Gasteiger partial charge in [0, 0.05) is 17.2 Å². The van der Waals surface area contributed by atoms with Gasteiger partial charge in [-0.1, -0.05) is 17.9 Å². The van der Waals surface area contributed by atoms with E-state index in [-0.39, 0.29) is 5.69 Å². The maximum absolute atomic E-state index is 10.3. The lowest BCUT2D eigenvalue weighted by Crippen LogP contribution is -1.91. The Morgan fingerprint density at radius 2 is 2.25 bits per heavy atom. The van der Waals surface area contributed by atoms with Gasteiger partial charge in [0.15, 0.2) is 0 Å². The van der Waals surface area contributed by atoms with Crippen LogP contribution < -0.4 is 0 Å². The van der Waals surface area contributed by atoms with E-state index in [0.717, 1.165) is 5.56 Å². The zero-order chi connectivity index (χ0) is 9.14. The molecule has 0 atom stereocenters. The third kappa shape index (κ3) is 1.77.